The molecule has 0 amide bonds. The van der Waals surface area contributed by atoms with Gasteiger partial charge < -0.3 is 97.3 Å². The van der Waals surface area contributed by atoms with Crippen LogP contribution in [-0.4, -0.2) is 224 Å². The Morgan fingerprint density at radius 3 is 1.41 bits per heavy atom. The Hall–Kier alpha value is -2.27. The second-order valence-corrected chi connectivity index (χ2v) is 16.8. The third kappa shape index (κ3) is 12.7. The van der Waals surface area contributed by atoms with Crippen LogP contribution < -0.4 is 0 Å². The normalized spacial score (nSPS) is 39.6. The van der Waals surface area contributed by atoms with Gasteiger partial charge in [0.25, 0.3) is 0 Å². The molecule has 0 aromatic heterocycles. The van der Waals surface area contributed by atoms with Gasteiger partial charge in [-0.3, -0.25) is 0 Å². The molecule has 5 rings (SSSR count). The van der Waals surface area contributed by atoms with Crippen molar-refractivity contribution < 1.29 is 97.3 Å². The van der Waals surface area contributed by atoms with Crippen LogP contribution in [0.25, 0.3) is 10.4 Å². The second kappa shape index (κ2) is 27.8. The number of ether oxygens (including phenoxy) is 13. The molecule has 378 valence electrons. The van der Waals surface area contributed by atoms with Gasteiger partial charge in [-0.1, -0.05) is 35.4 Å². The number of nitrogens with zero attached hydrogens (tertiary/aromatic N) is 3. The molecule has 0 spiro atoms. The van der Waals surface area contributed by atoms with E-state index in [0.717, 1.165) is 5.56 Å². The molecule has 4 heterocycles. The molecule has 0 radical (unpaired) electrons. The minimum absolute atomic E-state index is 0.0447. The van der Waals surface area contributed by atoms with Gasteiger partial charge in [-0.25, -0.2) is 0 Å². The van der Waals surface area contributed by atoms with E-state index in [2.05, 4.69) is 10.0 Å². The molecule has 23 nitrogen and oxygen atoms in total. The number of methoxy groups -OCH3 is 5. The monoisotopic (exact) mass is 949 g/mol. The Morgan fingerprint density at radius 2 is 0.955 bits per heavy atom. The third-order valence-electron chi connectivity index (χ3n) is 13.3. The van der Waals surface area contributed by atoms with E-state index in [4.69, 9.17) is 67.1 Å². The second-order valence-electron chi connectivity index (χ2n) is 16.8. The molecule has 7 N–H and O–H groups in total. The molecule has 1 aromatic carbocycles. The van der Waals surface area contributed by atoms with Crippen LogP contribution in [0.2, 0.25) is 0 Å². The molecule has 4 aliphatic heterocycles. The number of hydrogen-bond donors (Lipinski definition) is 7. The number of benzene rings is 1. The van der Waals surface area contributed by atoms with Gasteiger partial charge in [0.15, 0.2) is 25.2 Å². The van der Waals surface area contributed by atoms with E-state index in [1.807, 2.05) is 30.3 Å². The predicted molar refractivity (Wildman–Crippen MR) is 226 cm³/mol. The lowest BCUT2D eigenvalue weighted by Crippen LogP contribution is -2.66. The first kappa shape index (κ1) is 54.7. The first-order chi connectivity index (χ1) is 32.2. The summed E-state index contributed by atoms with van der Waals surface area (Å²) in [5, 5.41) is 77.8. The van der Waals surface area contributed by atoms with Crippen molar-refractivity contribution in [3.63, 3.8) is 0 Å². The summed E-state index contributed by atoms with van der Waals surface area (Å²) in [4.78, 5) is 2.84. The van der Waals surface area contributed by atoms with E-state index in [0.29, 0.717) is 0 Å². The first-order valence-electron chi connectivity index (χ1n) is 22.3. The van der Waals surface area contributed by atoms with E-state index in [1.165, 1.54) is 35.5 Å². The average Bonchev–Trinajstić information content (AvgIpc) is 3.33. The number of aliphatic hydroxyl groups excluding tert-OH is 7. The van der Waals surface area contributed by atoms with Gasteiger partial charge in [0.05, 0.1) is 76.2 Å². The lowest BCUT2D eigenvalue weighted by molar-refractivity contribution is -0.389. The van der Waals surface area contributed by atoms with Crippen LogP contribution in [0.15, 0.2) is 35.4 Å². The largest absolute Gasteiger partial charge is 0.396 e. The Kier molecular flexibility index (Phi) is 23.0. The van der Waals surface area contributed by atoms with Crippen molar-refractivity contribution in [3.05, 3.63) is 46.3 Å². The van der Waals surface area contributed by atoms with Gasteiger partial charge in [-0.2, -0.15) is 0 Å². The van der Waals surface area contributed by atoms with Gasteiger partial charge in [0.1, 0.15) is 24.4 Å². The zero-order chi connectivity index (χ0) is 47.8. The summed E-state index contributed by atoms with van der Waals surface area (Å²) < 4.78 is 81.4. The summed E-state index contributed by atoms with van der Waals surface area (Å²) in [5.41, 5.74) is 9.93. The number of rotatable bonds is 26. The van der Waals surface area contributed by atoms with Gasteiger partial charge in [-0.15, -0.1) is 0 Å². The van der Waals surface area contributed by atoms with Crippen molar-refractivity contribution in [2.45, 2.75) is 99.2 Å². The highest BCUT2D eigenvalue weighted by molar-refractivity contribution is 5.13. The summed E-state index contributed by atoms with van der Waals surface area (Å²) in [6.07, 6.45) is -14.8. The summed E-state index contributed by atoms with van der Waals surface area (Å²) in [6.45, 7) is -3.14. The number of azide groups is 1. The van der Waals surface area contributed by atoms with Crippen LogP contribution in [-0.2, 0) is 68.2 Å². The van der Waals surface area contributed by atoms with Gasteiger partial charge >= 0.3 is 0 Å². The van der Waals surface area contributed by atoms with Crippen LogP contribution in [0.4, 0.5) is 0 Å². The maximum absolute atomic E-state index is 11.0. The molecule has 0 saturated carbocycles. The van der Waals surface area contributed by atoms with Crippen LogP contribution in [0, 0.1) is 35.5 Å². The van der Waals surface area contributed by atoms with E-state index in [-0.39, 0.29) is 39.4 Å². The third-order valence-corrected chi connectivity index (χ3v) is 13.3. The Bertz CT molecular complexity index is 1560. The molecule has 4 fully saturated rings. The molecule has 4 saturated heterocycles. The zero-order valence-corrected chi connectivity index (χ0v) is 38.2. The highest BCUT2D eigenvalue weighted by atomic mass is 16.8. The van der Waals surface area contributed by atoms with Gasteiger partial charge in [-0.05, 0) is 17.5 Å². The predicted octanol–water partition coefficient (Wildman–Crippen LogP) is -1.06. The van der Waals surface area contributed by atoms with Crippen LogP contribution in [0.3, 0.4) is 0 Å². The molecule has 23 heteroatoms. The maximum Gasteiger partial charge on any atom is 0.187 e. The lowest BCUT2D eigenvalue weighted by Gasteiger charge is -2.52. The Labute approximate surface area is 384 Å². The SMILES string of the molecule is COCC1O[C@H](O[C@@H]2C(OC)[C@@H](OC3[C@@H](OCc4ccccc4)OC(CCO)[C@@H](CO)[C@@H]3CO)OC(COC)[C@H]2CO)C(OC)[C@@H](O[C@H]2OC(CN=[N+]=[N-])[C@@H](CO)[C@H](CO)C2OC)[C@@H]1CO. The quantitative estimate of drug-likeness (QED) is 0.0331. The number of aliphatic hydroxyl groups is 7. The summed E-state index contributed by atoms with van der Waals surface area (Å²) in [5.74, 6) is -4.58. The standard InChI is InChI=1S/C43H71N3O20/c1-54-21-32-28(18-52)34(64-41-36(56-3)26(16-50)25(15-49)31(61-41)13-45-46-44)38(57-4)42(62-32)65-35-29(19-53)33(22-55-2)63-43(39(35)58-5)66-37-27(17-51)24(14-48)30(11-12-47)60-40(37)59-20-23-9-7-6-8-10-23/h6-10,24-43,47-53H,11-22H2,1-5H3/t24-,25-,26-,27-,28+,29+,30?,31?,32?,33?,34-,35-,36?,37?,38?,39?,40-,41+,42+,43+/m0/s1. The zero-order valence-electron chi connectivity index (χ0n) is 38.2. The van der Waals surface area contributed by atoms with E-state index < -0.39 is 161 Å². The van der Waals surface area contributed by atoms with E-state index in [9.17, 15) is 35.7 Å². The molecule has 0 bridgehead atoms. The first-order valence-corrected chi connectivity index (χ1v) is 22.3. The fourth-order valence-electron chi connectivity index (χ4n) is 9.83. The highest BCUT2D eigenvalue weighted by Gasteiger charge is 2.57. The number of hydrogen-bond acceptors (Lipinski definition) is 21. The molecular formula is C43H71N3O20. The minimum Gasteiger partial charge on any atom is -0.396 e. The highest BCUT2D eigenvalue weighted by Crippen LogP contribution is 2.42. The van der Waals surface area contributed by atoms with Crippen molar-refractivity contribution in [2.75, 3.05) is 102 Å². The molecule has 0 aliphatic carbocycles. The smallest absolute Gasteiger partial charge is 0.187 e. The van der Waals surface area contributed by atoms with Gasteiger partial charge in [0, 0.05) is 109 Å². The van der Waals surface area contributed by atoms with Crippen molar-refractivity contribution in [2.24, 2.45) is 40.6 Å². The fraction of sp³-hybridized carbons (Fsp3) is 0.860. The summed E-state index contributed by atoms with van der Waals surface area (Å²) in [6, 6.07) is 9.33. The minimum atomic E-state index is -1.34. The van der Waals surface area contributed by atoms with Crippen LogP contribution >= 0.6 is 0 Å². The lowest BCUT2D eigenvalue weighted by atomic mass is 9.80. The molecule has 4 aliphatic rings. The van der Waals surface area contributed by atoms with Crippen molar-refractivity contribution in [1.82, 2.24) is 0 Å². The molecular weight excluding hydrogens is 878 g/mol. The van der Waals surface area contributed by atoms with Crippen molar-refractivity contribution in [3.8, 4) is 0 Å². The molecule has 66 heavy (non-hydrogen) atoms. The summed E-state index contributed by atoms with van der Waals surface area (Å²) in [7, 11) is 7.10. The topological polar surface area (TPSA) is 310 Å². The maximum atomic E-state index is 11.0. The van der Waals surface area contributed by atoms with Crippen molar-refractivity contribution in [1.29, 1.82) is 0 Å². The van der Waals surface area contributed by atoms with Gasteiger partial charge in [0.2, 0.25) is 0 Å². The van der Waals surface area contributed by atoms with Crippen LogP contribution in [0.5, 0.6) is 0 Å². The molecule has 20 atom stereocenters. The van der Waals surface area contributed by atoms with Crippen molar-refractivity contribution >= 4 is 0 Å². The average molecular weight is 950 g/mol. The van der Waals surface area contributed by atoms with E-state index in [1.54, 1.807) is 0 Å². The Morgan fingerprint density at radius 1 is 0.515 bits per heavy atom. The van der Waals surface area contributed by atoms with E-state index >= 15 is 0 Å². The Balaban J connectivity index is 1.50. The van der Waals surface area contributed by atoms with Crippen LogP contribution in [0.1, 0.15) is 12.0 Å². The fourth-order valence-corrected chi connectivity index (χ4v) is 9.83. The summed E-state index contributed by atoms with van der Waals surface area (Å²) >= 11 is 0. The molecule has 1 aromatic rings. The molecule has 8 unspecified atom stereocenters.